The van der Waals surface area contributed by atoms with Crippen LogP contribution >= 0.6 is 11.6 Å². The van der Waals surface area contributed by atoms with E-state index in [-0.39, 0.29) is 23.3 Å². The van der Waals surface area contributed by atoms with E-state index in [0.29, 0.717) is 22.8 Å². The molecule has 3 heterocycles. The number of halogens is 2. The van der Waals surface area contributed by atoms with Gasteiger partial charge in [0.15, 0.2) is 0 Å². The number of aromatic nitrogens is 3. The second-order valence-corrected chi connectivity index (χ2v) is 7.23. The number of fused-ring (bicyclic) bond motifs is 1. The van der Waals surface area contributed by atoms with Crippen LogP contribution in [-0.2, 0) is 16.0 Å². The van der Waals surface area contributed by atoms with Crippen LogP contribution in [-0.4, -0.2) is 26.4 Å². The predicted molar refractivity (Wildman–Crippen MR) is 121 cm³/mol. The SMILES string of the molecule is C=CC(=O)N(c1ccn2nccc2c1)c1cc(NC(=O)Cc2ccc(F)cc2Cl)ccn1. The Morgan fingerprint density at radius 1 is 1.16 bits per heavy atom. The fourth-order valence-corrected chi connectivity index (χ4v) is 3.41. The summed E-state index contributed by atoms with van der Waals surface area (Å²) in [7, 11) is 0. The minimum absolute atomic E-state index is 0.0377. The number of carbonyl (C=O) groups is 2. The number of rotatable bonds is 6. The number of carbonyl (C=O) groups excluding carboxylic acids is 2. The van der Waals surface area contributed by atoms with Gasteiger partial charge in [-0.3, -0.25) is 14.5 Å². The van der Waals surface area contributed by atoms with Crippen LogP contribution in [0.1, 0.15) is 5.56 Å². The molecule has 2 amide bonds. The summed E-state index contributed by atoms with van der Waals surface area (Å²) in [6.07, 6.45) is 6.01. The van der Waals surface area contributed by atoms with E-state index in [1.165, 1.54) is 29.3 Å². The molecule has 4 aromatic rings. The molecule has 0 saturated carbocycles. The first-order chi connectivity index (χ1) is 15.4. The highest BCUT2D eigenvalue weighted by molar-refractivity contribution is 6.31. The van der Waals surface area contributed by atoms with E-state index < -0.39 is 5.82 Å². The van der Waals surface area contributed by atoms with Crippen LogP contribution in [0.5, 0.6) is 0 Å². The second-order valence-electron chi connectivity index (χ2n) is 6.83. The fourth-order valence-electron chi connectivity index (χ4n) is 3.17. The van der Waals surface area contributed by atoms with Crippen molar-refractivity contribution in [2.75, 3.05) is 10.2 Å². The summed E-state index contributed by atoms with van der Waals surface area (Å²) in [4.78, 5) is 30.8. The van der Waals surface area contributed by atoms with Gasteiger partial charge in [-0.2, -0.15) is 5.10 Å². The number of anilines is 3. The lowest BCUT2D eigenvalue weighted by Gasteiger charge is -2.21. The third kappa shape index (κ3) is 4.50. The predicted octanol–water partition coefficient (Wildman–Crippen LogP) is 4.55. The van der Waals surface area contributed by atoms with E-state index >= 15 is 0 Å². The molecule has 0 spiro atoms. The van der Waals surface area contributed by atoms with E-state index in [0.717, 1.165) is 11.6 Å². The summed E-state index contributed by atoms with van der Waals surface area (Å²) in [5.74, 6) is -0.906. The number of hydrogen-bond acceptors (Lipinski definition) is 4. The number of nitrogens with one attached hydrogen (secondary N) is 1. The Labute approximate surface area is 187 Å². The molecule has 32 heavy (non-hydrogen) atoms. The first kappa shape index (κ1) is 21.2. The largest absolute Gasteiger partial charge is 0.326 e. The van der Waals surface area contributed by atoms with E-state index in [4.69, 9.17) is 11.6 Å². The zero-order valence-corrected chi connectivity index (χ0v) is 17.5. The molecule has 0 unspecified atom stereocenters. The number of pyridine rings is 2. The number of benzene rings is 1. The molecule has 9 heteroatoms. The van der Waals surface area contributed by atoms with E-state index in [2.05, 4.69) is 22.0 Å². The number of amides is 2. The second kappa shape index (κ2) is 8.99. The van der Waals surface area contributed by atoms with Gasteiger partial charge in [-0.1, -0.05) is 24.2 Å². The lowest BCUT2D eigenvalue weighted by atomic mass is 10.1. The van der Waals surface area contributed by atoms with Crippen molar-refractivity contribution in [1.82, 2.24) is 14.6 Å². The molecule has 160 valence electrons. The molecule has 0 aliphatic heterocycles. The van der Waals surface area contributed by atoms with Crippen LogP contribution in [0, 0.1) is 5.82 Å². The standard InChI is InChI=1S/C23H17ClFN5O2/c1-2-23(32)30(19-7-10-29-18(14-19)6-9-27-29)21-13-17(5-8-26-21)28-22(31)11-15-3-4-16(25)12-20(15)24/h2-10,12-14H,1,11H2,(H,26,28,31). The Balaban J connectivity index is 1.59. The lowest BCUT2D eigenvalue weighted by Crippen LogP contribution is -2.25. The topological polar surface area (TPSA) is 79.6 Å². The van der Waals surface area contributed by atoms with Crippen LogP contribution in [0.15, 0.2) is 79.8 Å². The molecule has 3 aromatic heterocycles. The van der Waals surface area contributed by atoms with Crippen molar-refractivity contribution in [3.63, 3.8) is 0 Å². The molecule has 0 fully saturated rings. The van der Waals surface area contributed by atoms with Gasteiger partial charge < -0.3 is 5.32 Å². The number of nitrogens with zero attached hydrogens (tertiary/aromatic N) is 4. The van der Waals surface area contributed by atoms with Gasteiger partial charge in [0.05, 0.1) is 17.6 Å². The zero-order valence-electron chi connectivity index (χ0n) is 16.7. The van der Waals surface area contributed by atoms with Crippen molar-refractivity contribution in [1.29, 1.82) is 0 Å². The van der Waals surface area contributed by atoms with Gasteiger partial charge in [0.1, 0.15) is 11.6 Å². The van der Waals surface area contributed by atoms with Crippen molar-refractivity contribution in [3.8, 4) is 0 Å². The molecule has 0 radical (unpaired) electrons. The molecule has 0 atom stereocenters. The van der Waals surface area contributed by atoms with Crippen LogP contribution in [0.25, 0.3) is 5.52 Å². The molecule has 0 aliphatic rings. The maximum atomic E-state index is 13.2. The van der Waals surface area contributed by atoms with Crippen molar-refractivity contribution < 1.29 is 14.0 Å². The molecule has 0 saturated heterocycles. The monoisotopic (exact) mass is 449 g/mol. The van der Waals surface area contributed by atoms with Crippen LogP contribution < -0.4 is 10.2 Å². The highest BCUT2D eigenvalue weighted by atomic mass is 35.5. The van der Waals surface area contributed by atoms with Crippen molar-refractivity contribution in [2.24, 2.45) is 0 Å². The van der Waals surface area contributed by atoms with Crippen LogP contribution in [0.2, 0.25) is 5.02 Å². The maximum Gasteiger partial charge on any atom is 0.256 e. The van der Waals surface area contributed by atoms with E-state index in [9.17, 15) is 14.0 Å². The molecule has 0 aliphatic carbocycles. The molecule has 1 aromatic carbocycles. The summed E-state index contributed by atoms with van der Waals surface area (Å²) in [5, 5.41) is 7.08. The Kier molecular flexibility index (Phi) is 5.96. The highest BCUT2D eigenvalue weighted by Crippen LogP contribution is 2.27. The molecule has 1 N–H and O–H groups in total. The molecule has 0 bridgehead atoms. The Hall–Kier alpha value is -4.04. The van der Waals surface area contributed by atoms with Gasteiger partial charge in [-0.05, 0) is 48.0 Å². The summed E-state index contributed by atoms with van der Waals surface area (Å²) < 4.78 is 14.9. The van der Waals surface area contributed by atoms with Crippen LogP contribution in [0.3, 0.4) is 0 Å². The molecular weight excluding hydrogens is 433 g/mol. The highest BCUT2D eigenvalue weighted by Gasteiger charge is 2.18. The Morgan fingerprint density at radius 2 is 2.00 bits per heavy atom. The Morgan fingerprint density at radius 3 is 2.78 bits per heavy atom. The van der Waals surface area contributed by atoms with E-state index in [1.807, 2.05) is 6.07 Å². The van der Waals surface area contributed by atoms with Gasteiger partial charge in [-0.25, -0.2) is 13.9 Å². The van der Waals surface area contributed by atoms with Crippen molar-refractivity contribution >= 4 is 46.1 Å². The smallest absolute Gasteiger partial charge is 0.256 e. The lowest BCUT2D eigenvalue weighted by molar-refractivity contribution is -0.115. The quantitative estimate of drug-likeness (QED) is 0.438. The summed E-state index contributed by atoms with van der Waals surface area (Å²) >= 11 is 6.01. The summed E-state index contributed by atoms with van der Waals surface area (Å²) in [6.45, 7) is 3.57. The van der Waals surface area contributed by atoms with Gasteiger partial charge in [-0.15, -0.1) is 0 Å². The minimum atomic E-state index is -0.473. The first-order valence-electron chi connectivity index (χ1n) is 9.54. The van der Waals surface area contributed by atoms with Gasteiger partial charge >= 0.3 is 0 Å². The third-order valence-corrected chi connectivity index (χ3v) is 5.01. The summed E-state index contributed by atoms with van der Waals surface area (Å²) in [6, 6.07) is 12.4. The van der Waals surface area contributed by atoms with E-state index in [1.54, 1.807) is 41.2 Å². The number of hydrogen-bond donors (Lipinski definition) is 1. The molecule has 7 nitrogen and oxygen atoms in total. The molecular formula is C23H17ClFN5O2. The van der Waals surface area contributed by atoms with Gasteiger partial charge in [0.25, 0.3) is 5.91 Å². The Bertz CT molecular complexity index is 1340. The minimum Gasteiger partial charge on any atom is -0.326 e. The first-order valence-corrected chi connectivity index (χ1v) is 9.92. The van der Waals surface area contributed by atoms with Crippen LogP contribution in [0.4, 0.5) is 21.6 Å². The fraction of sp³-hybridized carbons (Fsp3) is 0.0435. The van der Waals surface area contributed by atoms with Crippen molar-refractivity contribution in [2.45, 2.75) is 6.42 Å². The third-order valence-electron chi connectivity index (χ3n) is 4.66. The molecule has 4 rings (SSSR count). The van der Waals surface area contributed by atoms with Gasteiger partial charge in [0, 0.05) is 35.4 Å². The van der Waals surface area contributed by atoms with Gasteiger partial charge in [0.2, 0.25) is 5.91 Å². The average molecular weight is 450 g/mol. The maximum absolute atomic E-state index is 13.2. The van der Waals surface area contributed by atoms with Crippen molar-refractivity contribution in [3.05, 3.63) is 96.2 Å². The summed E-state index contributed by atoms with van der Waals surface area (Å²) in [5.41, 5.74) is 2.30. The zero-order chi connectivity index (χ0) is 22.7. The normalized spacial score (nSPS) is 10.7. The average Bonchev–Trinajstić information content (AvgIpc) is 3.24.